The summed E-state index contributed by atoms with van der Waals surface area (Å²) in [4.78, 5) is 0. The third-order valence-electron chi connectivity index (χ3n) is 3.10. The molecule has 0 amide bonds. The van der Waals surface area contributed by atoms with E-state index in [2.05, 4.69) is 12.0 Å². The number of ether oxygens (including phenoxy) is 2. The molecule has 23 heavy (non-hydrogen) atoms. The van der Waals surface area contributed by atoms with Crippen LogP contribution in [-0.2, 0) is 0 Å². The zero-order valence-electron chi connectivity index (χ0n) is 12.5. The Morgan fingerprint density at radius 3 is 2.61 bits per heavy atom. The highest BCUT2D eigenvalue weighted by atomic mass is 35.5. The summed E-state index contributed by atoms with van der Waals surface area (Å²) in [5.41, 5.74) is 1.97. The van der Waals surface area contributed by atoms with Gasteiger partial charge in [-0.1, -0.05) is 29.7 Å². The van der Waals surface area contributed by atoms with Crippen molar-refractivity contribution in [3.63, 3.8) is 0 Å². The minimum absolute atomic E-state index is 0.149. The first kappa shape index (κ1) is 16.5. The zero-order chi connectivity index (χ0) is 16.7. The van der Waals surface area contributed by atoms with Crippen molar-refractivity contribution < 1.29 is 9.47 Å². The van der Waals surface area contributed by atoms with Crippen LogP contribution in [0.5, 0.6) is 11.5 Å². The van der Waals surface area contributed by atoms with E-state index in [4.69, 9.17) is 27.5 Å². The van der Waals surface area contributed by atoms with Crippen molar-refractivity contribution in [1.82, 2.24) is 0 Å². The molecule has 114 valence electrons. The molecule has 0 bridgehead atoms. The van der Waals surface area contributed by atoms with Crippen LogP contribution in [0.15, 0.2) is 42.5 Å². The number of hydrogen-bond acceptors (Lipinski definition) is 3. The van der Waals surface area contributed by atoms with E-state index in [0.717, 1.165) is 5.56 Å². The second-order valence-electron chi connectivity index (χ2n) is 4.57. The van der Waals surface area contributed by atoms with Gasteiger partial charge in [0.1, 0.15) is 18.1 Å². The number of terminal acetylenes is 1. The van der Waals surface area contributed by atoms with E-state index in [1.54, 1.807) is 55.7 Å². The molecule has 2 aromatic carbocycles. The highest BCUT2D eigenvalue weighted by molar-refractivity contribution is 6.30. The van der Waals surface area contributed by atoms with Gasteiger partial charge in [0, 0.05) is 10.6 Å². The van der Waals surface area contributed by atoms with Crippen molar-refractivity contribution in [1.29, 1.82) is 5.26 Å². The van der Waals surface area contributed by atoms with Crippen molar-refractivity contribution >= 4 is 23.3 Å². The van der Waals surface area contributed by atoms with Gasteiger partial charge in [-0.15, -0.1) is 6.42 Å². The second-order valence-corrected chi connectivity index (χ2v) is 5.01. The second kappa shape index (κ2) is 7.94. The minimum atomic E-state index is 0.149. The number of nitrogens with zero attached hydrogens (tertiary/aromatic N) is 1. The van der Waals surface area contributed by atoms with Crippen molar-refractivity contribution in [3.05, 3.63) is 58.6 Å². The van der Waals surface area contributed by atoms with Crippen LogP contribution in [0.3, 0.4) is 0 Å². The van der Waals surface area contributed by atoms with Gasteiger partial charge in [0.15, 0.2) is 0 Å². The average Bonchev–Trinajstić information content (AvgIpc) is 2.59. The van der Waals surface area contributed by atoms with Crippen LogP contribution in [0.1, 0.15) is 11.1 Å². The van der Waals surface area contributed by atoms with Crippen LogP contribution in [0, 0.1) is 23.7 Å². The van der Waals surface area contributed by atoms with E-state index in [-0.39, 0.29) is 6.61 Å². The summed E-state index contributed by atoms with van der Waals surface area (Å²) in [5, 5.41) is 10.1. The van der Waals surface area contributed by atoms with E-state index < -0.39 is 0 Å². The van der Waals surface area contributed by atoms with E-state index in [9.17, 15) is 5.26 Å². The van der Waals surface area contributed by atoms with Crippen LogP contribution < -0.4 is 9.47 Å². The summed E-state index contributed by atoms with van der Waals surface area (Å²) < 4.78 is 10.7. The molecule has 0 radical (unpaired) electrons. The van der Waals surface area contributed by atoms with Crippen LogP contribution in [-0.4, -0.2) is 13.7 Å². The van der Waals surface area contributed by atoms with Crippen molar-refractivity contribution in [2.24, 2.45) is 0 Å². The zero-order valence-corrected chi connectivity index (χ0v) is 13.3. The molecule has 0 aromatic heterocycles. The van der Waals surface area contributed by atoms with Gasteiger partial charge in [0.2, 0.25) is 0 Å². The first-order valence-electron chi connectivity index (χ1n) is 6.80. The maximum absolute atomic E-state index is 9.45. The van der Waals surface area contributed by atoms with Gasteiger partial charge >= 0.3 is 0 Å². The third-order valence-corrected chi connectivity index (χ3v) is 3.36. The molecule has 0 saturated carbocycles. The first-order chi connectivity index (χ1) is 11.2. The maximum Gasteiger partial charge on any atom is 0.148 e. The number of halogens is 1. The van der Waals surface area contributed by atoms with Gasteiger partial charge in [-0.3, -0.25) is 0 Å². The quantitative estimate of drug-likeness (QED) is 0.464. The number of nitriles is 1. The van der Waals surface area contributed by atoms with Gasteiger partial charge < -0.3 is 9.47 Å². The first-order valence-corrected chi connectivity index (χ1v) is 7.17. The summed E-state index contributed by atoms with van der Waals surface area (Å²) >= 11 is 5.88. The fourth-order valence-corrected chi connectivity index (χ4v) is 2.11. The van der Waals surface area contributed by atoms with Crippen LogP contribution >= 0.6 is 11.6 Å². The number of hydrogen-bond donors (Lipinski definition) is 0. The Labute approximate surface area is 140 Å². The average molecular weight is 324 g/mol. The lowest BCUT2D eigenvalue weighted by Gasteiger charge is -2.09. The molecule has 0 fully saturated rings. The molecule has 0 heterocycles. The third kappa shape index (κ3) is 4.30. The molecule has 0 saturated heterocycles. The molecule has 0 aliphatic heterocycles. The Morgan fingerprint density at radius 2 is 2.00 bits per heavy atom. The molecule has 3 nitrogen and oxygen atoms in total. The smallest absolute Gasteiger partial charge is 0.148 e. The van der Waals surface area contributed by atoms with Crippen LogP contribution in [0.2, 0.25) is 5.02 Å². The van der Waals surface area contributed by atoms with E-state index in [0.29, 0.717) is 27.7 Å². The Kier molecular flexibility index (Phi) is 5.69. The molecular weight excluding hydrogens is 310 g/mol. The van der Waals surface area contributed by atoms with Crippen LogP contribution in [0.25, 0.3) is 11.6 Å². The Bertz CT molecular complexity index is 796. The molecule has 4 heteroatoms. The normalized spacial score (nSPS) is 10.5. The molecule has 0 aliphatic rings. The number of benzene rings is 2. The van der Waals surface area contributed by atoms with Crippen LogP contribution in [0.4, 0.5) is 0 Å². The Morgan fingerprint density at radius 1 is 1.26 bits per heavy atom. The predicted molar refractivity (Wildman–Crippen MR) is 92.3 cm³/mol. The summed E-state index contributed by atoms with van der Waals surface area (Å²) in [6.07, 6.45) is 6.97. The molecule has 0 unspecified atom stereocenters. The highest BCUT2D eigenvalue weighted by Crippen LogP contribution is 2.29. The fraction of sp³-hybridized carbons (Fsp3) is 0.105. The van der Waals surface area contributed by atoms with Crippen molar-refractivity contribution in [2.45, 2.75) is 0 Å². The lowest BCUT2D eigenvalue weighted by molar-refractivity contribution is 0.367. The molecule has 0 atom stereocenters. The number of methoxy groups -OCH3 is 1. The monoisotopic (exact) mass is 323 g/mol. The van der Waals surface area contributed by atoms with Gasteiger partial charge in [0.05, 0.1) is 18.8 Å². The summed E-state index contributed by atoms with van der Waals surface area (Å²) in [5.74, 6) is 3.68. The summed E-state index contributed by atoms with van der Waals surface area (Å²) in [7, 11) is 1.58. The SMILES string of the molecule is C#CCOc1ccc(OC)cc1C=C(C#N)c1ccc(Cl)cc1. The Balaban J connectivity index is 2.47. The van der Waals surface area contributed by atoms with Crippen molar-refractivity contribution in [3.8, 4) is 29.9 Å². The fourth-order valence-electron chi connectivity index (χ4n) is 1.98. The van der Waals surface area contributed by atoms with Crippen molar-refractivity contribution in [2.75, 3.05) is 13.7 Å². The summed E-state index contributed by atoms with van der Waals surface area (Å²) in [6.45, 7) is 0.149. The summed E-state index contributed by atoms with van der Waals surface area (Å²) in [6, 6.07) is 14.6. The van der Waals surface area contributed by atoms with Gasteiger partial charge in [0.25, 0.3) is 0 Å². The van der Waals surface area contributed by atoms with Gasteiger partial charge in [-0.2, -0.15) is 5.26 Å². The van der Waals surface area contributed by atoms with E-state index in [1.807, 2.05) is 0 Å². The maximum atomic E-state index is 9.45. The largest absolute Gasteiger partial charge is 0.497 e. The lowest BCUT2D eigenvalue weighted by Crippen LogP contribution is -1.96. The topological polar surface area (TPSA) is 42.2 Å². The molecule has 0 spiro atoms. The minimum Gasteiger partial charge on any atom is -0.497 e. The van der Waals surface area contributed by atoms with Gasteiger partial charge in [-0.05, 0) is 42.0 Å². The standard InChI is InChI=1S/C19H14ClNO2/c1-3-10-23-19-9-8-18(22-2)12-15(19)11-16(13-21)14-4-6-17(20)7-5-14/h1,4-9,11-12H,10H2,2H3. The van der Waals surface area contributed by atoms with Gasteiger partial charge in [-0.25, -0.2) is 0 Å². The Hall–Kier alpha value is -2.88. The van der Waals surface area contributed by atoms with E-state index in [1.165, 1.54) is 0 Å². The highest BCUT2D eigenvalue weighted by Gasteiger charge is 2.07. The predicted octanol–water partition coefficient (Wildman–Crippen LogP) is 4.42. The molecule has 2 rings (SSSR count). The molecule has 0 aliphatic carbocycles. The molecular formula is C19H14ClNO2. The lowest BCUT2D eigenvalue weighted by atomic mass is 10.0. The molecule has 2 aromatic rings. The van der Waals surface area contributed by atoms with E-state index >= 15 is 0 Å². The molecule has 0 N–H and O–H groups in total. The number of allylic oxidation sites excluding steroid dienone is 1. The number of rotatable bonds is 5.